The molecule has 22 heavy (non-hydrogen) atoms. The molecule has 2 nitrogen and oxygen atoms in total. The summed E-state index contributed by atoms with van der Waals surface area (Å²) in [5, 5.41) is 11.4. The molecule has 0 saturated heterocycles. The molecular weight excluding hydrogens is 338 g/mol. The standard InChI is InChI=1S/C19H20BrNO/c1-18(2)9-10-19(22,14-5-3-13(12-21)4-6-14)17-11-15(20)7-8-16(17)18/h3-11,22H,12,21H2,1-2H3. The Kier molecular flexibility index (Phi) is 3.76. The van der Waals surface area contributed by atoms with E-state index in [1.807, 2.05) is 42.5 Å². The normalized spacial score (nSPS) is 22.4. The summed E-state index contributed by atoms with van der Waals surface area (Å²) in [6.45, 7) is 4.82. The van der Waals surface area contributed by atoms with Crippen LogP contribution in [0.5, 0.6) is 0 Å². The number of nitrogens with two attached hydrogens (primary N) is 1. The number of aliphatic hydroxyl groups is 1. The highest BCUT2D eigenvalue weighted by atomic mass is 79.9. The molecule has 0 fully saturated rings. The third kappa shape index (κ3) is 2.43. The van der Waals surface area contributed by atoms with E-state index in [1.165, 1.54) is 0 Å². The monoisotopic (exact) mass is 357 g/mol. The molecule has 0 radical (unpaired) electrons. The average Bonchev–Trinajstić information content (AvgIpc) is 2.51. The second-order valence-electron chi connectivity index (χ2n) is 6.41. The summed E-state index contributed by atoms with van der Waals surface area (Å²) in [7, 11) is 0. The van der Waals surface area contributed by atoms with Gasteiger partial charge in [-0.3, -0.25) is 0 Å². The lowest BCUT2D eigenvalue weighted by atomic mass is 9.70. The zero-order chi connectivity index (χ0) is 16.0. The van der Waals surface area contributed by atoms with E-state index in [0.717, 1.165) is 26.7 Å². The van der Waals surface area contributed by atoms with E-state index < -0.39 is 5.60 Å². The van der Waals surface area contributed by atoms with Crippen molar-refractivity contribution in [3.8, 4) is 0 Å². The first-order valence-corrected chi connectivity index (χ1v) is 8.19. The van der Waals surface area contributed by atoms with Crippen LogP contribution < -0.4 is 5.73 Å². The highest BCUT2D eigenvalue weighted by Crippen LogP contribution is 2.44. The fourth-order valence-corrected chi connectivity index (χ4v) is 3.41. The molecule has 1 aliphatic rings. The quantitative estimate of drug-likeness (QED) is 0.798. The molecule has 0 spiro atoms. The van der Waals surface area contributed by atoms with Crippen LogP contribution in [-0.2, 0) is 17.6 Å². The third-order valence-electron chi connectivity index (χ3n) is 4.46. The van der Waals surface area contributed by atoms with Crippen LogP contribution >= 0.6 is 15.9 Å². The Labute approximate surface area is 139 Å². The molecule has 3 rings (SSSR count). The van der Waals surface area contributed by atoms with Gasteiger partial charge in [0.15, 0.2) is 0 Å². The molecule has 0 aliphatic heterocycles. The van der Waals surface area contributed by atoms with Crippen LogP contribution in [0.3, 0.4) is 0 Å². The minimum absolute atomic E-state index is 0.0978. The summed E-state index contributed by atoms with van der Waals surface area (Å²) < 4.78 is 0.967. The van der Waals surface area contributed by atoms with Gasteiger partial charge in [-0.25, -0.2) is 0 Å². The maximum atomic E-state index is 11.4. The second kappa shape index (κ2) is 5.34. The zero-order valence-corrected chi connectivity index (χ0v) is 14.4. The molecule has 0 aromatic heterocycles. The van der Waals surface area contributed by atoms with Crippen LogP contribution in [0.1, 0.15) is 36.1 Å². The number of halogens is 1. The Hall–Kier alpha value is -1.42. The molecular formula is C19H20BrNO. The van der Waals surface area contributed by atoms with Crippen molar-refractivity contribution in [3.63, 3.8) is 0 Å². The molecule has 2 aromatic carbocycles. The van der Waals surface area contributed by atoms with Gasteiger partial charge in [0.05, 0.1) is 0 Å². The molecule has 2 aromatic rings. The van der Waals surface area contributed by atoms with Crippen molar-refractivity contribution in [1.29, 1.82) is 0 Å². The molecule has 0 heterocycles. The van der Waals surface area contributed by atoms with Crippen molar-refractivity contribution in [2.24, 2.45) is 5.73 Å². The number of hydrogen-bond donors (Lipinski definition) is 2. The maximum Gasteiger partial charge on any atom is 0.134 e. The van der Waals surface area contributed by atoms with Gasteiger partial charge in [0.1, 0.15) is 5.60 Å². The smallest absolute Gasteiger partial charge is 0.134 e. The summed E-state index contributed by atoms with van der Waals surface area (Å²) in [5.74, 6) is 0. The first kappa shape index (κ1) is 15.5. The molecule has 1 aliphatic carbocycles. The number of fused-ring (bicyclic) bond motifs is 1. The van der Waals surface area contributed by atoms with Crippen molar-refractivity contribution in [2.75, 3.05) is 0 Å². The van der Waals surface area contributed by atoms with Crippen molar-refractivity contribution in [2.45, 2.75) is 31.4 Å². The zero-order valence-electron chi connectivity index (χ0n) is 12.8. The van der Waals surface area contributed by atoms with Gasteiger partial charge in [-0.05, 0) is 40.5 Å². The molecule has 3 heteroatoms. The predicted octanol–water partition coefficient (Wildman–Crippen LogP) is 3.99. The van der Waals surface area contributed by atoms with Gasteiger partial charge in [-0.15, -0.1) is 0 Å². The van der Waals surface area contributed by atoms with E-state index in [0.29, 0.717) is 6.54 Å². The Bertz CT molecular complexity index is 734. The molecule has 0 bridgehead atoms. The van der Waals surface area contributed by atoms with Crippen molar-refractivity contribution < 1.29 is 5.11 Å². The number of rotatable bonds is 2. The minimum Gasteiger partial charge on any atom is -0.377 e. The number of benzene rings is 2. The van der Waals surface area contributed by atoms with Gasteiger partial charge < -0.3 is 10.8 Å². The van der Waals surface area contributed by atoms with Crippen molar-refractivity contribution in [1.82, 2.24) is 0 Å². The maximum absolute atomic E-state index is 11.4. The summed E-state index contributed by atoms with van der Waals surface area (Å²) in [4.78, 5) is 0. The Morgan fingerprint density at radius 2 is 1.68 bits per heavy atom. The lowest BCUT2D eigenvalue weighted by Gasteiger charge is -2.38. The SMILES string of the molecule is CC1(C)C=CC(O)(c2ccc(CN)cc2)c2cc(Br)ccc21. The topological polar surface area (TPSA) is 46.2 Å². The van der Waals surface area contributed by atoms with Gasteiger partial charge in [-0.1, -0.05) is 66.2 Å². The molecule has 0 amide bonds. The molecule has 1 unspecified atom stereocenters. The second-order valence-corrected chi connectivity index (χ2v) is 7.33. The molecule has 0 saturated carbocycles. The fourth-order valence-electron chi connectivity index (χ4n) is 3.05. The largest absolute Gasteiger partial charge is 0.377 e. The fraction of sp³-hybridized carbons (Fsp3) is 0.263. The van der Waals surface area contributed by atoms with Crippen molar-refractivity contribution >= 4 is 15.9 Å². The summed E-state index contributed by atoms with van der Waals surface area (Å²) in [6.07, 6.45) is 3.99. The third-order valence-corrected chi connectivity index (χ3v) is 4.95. The first-order valence-electron chi connectivity index (χ1n) is 7.39. The minimum atomic E-state index is -1.11. The first-order chi connectivity index (χ1) is 10.4. The summed E-state index contributed by atoms with van der Waals surface area (Å²) in [6, 6.07) is 14.0. The van der Waals surface area contributed by atoms with Crippen LogP contribution in [0.4, 0.5) is 0 Å². The van der Waals surface area contributed by atoms with Gasteiger partial charge in [0.25, 0.3) is 0 Å². The van der Waals surface area contributed by atoms with E-state index in [1.54, 1.807) is 0 Å². The van der Waals surface area contributed by atoms with Gasteiger partial charge in [0.2, 0.25) is 0 Å². The van der Waals surface area contributed by atoms with E-state index in [9.17, 15) is 5.11 Å². The highest BCUT2D eigenvalue weighted by Gasteiger charge is 2.38. The van der Waals surface area contributed by atoms with Gasteiger partial charge in [-0.2, -0.15) is 0 Å². The molecule has 1 atom stereocenters. The summed E-state index contributed by atoms with van der Waals surface area (Å²) in [5.41, 5.74) is 8.44. The average molecular weight is 358 g/mol. The highest BCUT2D eigenvalue weighted by molar-refractivity contribution is 9.10. The van der Waals surface area contributed by atoms with Crippen molar-refractivity contribution in [3.05, 3.63) is 81.3 Å². The van der Waals surface area contributed by atoms with E-state index >= 15 is 0 Å². The van der Waals surface area contributed by atoms with Crippen LogP contribution in [0.2, 0.25) is 0 Å². The number of hydrogen-bond acceptors (Lipinski definition) is 2. The molecule has 3 N–H and O–H groups in total. The number of allylic oxidation sites excluding steroid dienone is 1. The van der Waals surface area contributed by atoms with Gasteiger partial charge in [0, 0.05) is 16.4 Å². The lowest BCUT2D eigenvalue weighted by Crippen LogP contribution is -2.34. The van der Waals surface area contributed by atoms with E-state index in [2.05, 4.69) is 41.9 Å². The Morgan fingerprint density at radius 3 is 2.32 bits per heavy atom. The van der Waals surface area contributed by atoms with E-state index in [-0.39, 0.29) is 5.41 Å². The van der Waals surface area contributed by atoms with Crippen LogP contribution in [0, 0.1) is 0 Å². The van der Waals surface area contributed by atoms with E-state index in [4.69, 9.17) is 5.73 Å². The van der Waals surface area contributed by atoms with Gasteiger partial charge >= 0.3 is 0 Å². The van der Waals surface area contributed by atoms with Crippen LogP contribution in [0.25, 0.3) is 0 Å². The molecule has 114 valence electrons. The predicted molar refractivity (Wildman–Crippen MR) is 93.6 cm³/mol. The Morgan fingerprint density at radius 1 is 1.00 bits per heavy atom. The summed E-state index contributed by atoms with van der Waals surface area (Å²) >= 11 is 3.52. The van der Waals surface area contributed by atoms with Crippen LogP contribution in [0.15, 0.2) is 59.1 Å². The Balaban J connectivity index is 2.20. The lowest BCUT2D eigenvalue weighted by molar-refractivity contribution is 0.128. The van der Waals surface area contributed by atoms with Crippen LogP contribution in [-0.4, -0.2) is 5.11 Å².